The molecule has 1 aromatic heterocycles. The van der Waals surface area contributed by atoms with Gasteiger partial charge < -0.3 is 10.7 Å². The molecule has 0 unspecified atom stereocenters. The average molecular weight is 396 g/mol. The number of aromatic amines is 1. The van der Waals surface area contributed by atoms with Crippen LogP contribution in [0.15, 0.2) is 40.6 Å². The zero-order valence-corrected chi connectivity index (χ0v) is 14.7. The van der Waals surface area contributed by atoms with Crippen LogP contribution in [-0.4, -0.2) is 45.0 Å². The minimum Gasteiger partial charge on any atom is -0.329 e. The maximum absolute atomic E-state index is 14.4. The molecule has 3 N–H and O–H groups in total. The highest BCUT2D eigenvalue weighted by Gasteiger charge is 2.38. The number of H-pyrrole nitrogens is 1. The van der Waals surface area contributed by atoms with E-state index in [0.29, 0.717) is 17.6 Å². The SMILES string of the molecule is C[C@@H]1CC(=Nc2ccn[nH]2)C(=NN)CN1C(=O)c1cccc(C(F)(F)F)c1F. The zero-order chi connectivity index (χ0) is 20.5. The molecule has 0 spiro atoms. The number of aliphatic imine (C=N–C) groups is 1. The van der Waals surface area contributed by atoms with Gasteiger partial charge in [-0.1, -0.05) is 6.07 Å². The summed E-state index contributed by atoms with van der Waals surface area (Å²) in [6, 6.07) is 3.77. The van der Waals surface area contributed by atoms with Gasteiger partial charge in [-0.3, -0.25) is 9.89 Å². The highest BCUT2D eigenvalue weighted by atomic mass is 19.4. The first-order chi connectivity index (χ1) is 13.2. The molecular weight excluding hydrogens is 380 g/mol. The van der Waals surface area contributed by atoms with Gasteiger partial charge in [0.25, 0.3) is 5.91 Å². The van der Waals surface area contributed by atoms with Crippen molar-refractivity contribution in [3.05, 3.63) is 47.4 Å². The Morgan fingerprint density at radius 1 is 1.32 bits per heavy atom. The summed E-state index contributed by atoms with van der Waals surface area (Å²) in [7, 11) is 0. The van der Waals surface area contributed by atoms with Gasteiger partial charge in [0.1, 0.15) is 17.3 Å². The molecule has 1 saturated heterocycles. The van der Waals surface area contributed by atoms with Gasteiger partial charge >= 0.3 is 6.18 Å². The minimum absolute atomic E-state index is 0.112. The fourth-order valence-corrected chi connectivity index (χ4v) is 2.94. The number of nitrogens with zero attached hydrogens (tertiary/aromatic N) is 4. The molecule has 148 valence electrons. The number of carbonyl (C=O) groups is 1. The zero-order valence-electron chi connectivity index (χ0n) is 14.7. The lowest BCUT2D eigenvalue weighted by atomic mass is 9.97. The molecule has 28 heavy (non-hydrogen) atoms. The van der Waals surface area contributed by atoms with Crippen molar-refractivity contribution >= 4 is 23.1 Å². The Hall–Kier alpha value is -3.24. The molecule has 11 heteroatoms. The maximum atomic E-state index is 14.4. The summed E-state index contributed by atoms with van der Waals surface area (Å²) in [5.41, 5.74) is -1.37. The predicted molar refractivity (Wildman–Crippen MR) is 93.8 cm³/mol. The Morgan fingerprint density at radius 3 is 2.68 bits per heavy atom. The molecule has 0 radical (unpaired) electrons. The highest BCUT2D eigenvalue weighted by Crippen LogP contribution is 2.33. The number of carbonyl (C=O) groups excluding carboxylic acids is 1. The molecular formula is C17H16F4N6O. The van der Waals surface area contributed by atoms with E-state index in [1.165, 1.54) is 11.1 Å². The summed E-state index contributed by atoms with van der Waals surface area (Å²) in [6.07, 6.45) is -3.15. The molecule has 1 aromatic carbocycles. The number of hydrogen-bond acceptors (Lipinski definition) is 5. The van der Waals surface area contributed by atoms with Crippen molar-refractivity contribution in [3.8, 4) is 0 Å². The van der Waals surface area contributed by atoms with E-state index in [4.69, 9.17) is 5.84 Å². The van der Waals surface area contributed by atoms with E-state index in [2.05, 4.69) is 20.3 Å². The monoisotopic (exact) mass is 396 g/mol. The molecule has 0 aliphatic carbocycles. The van der Waals surface area contributed by atoms with Crippen molar-refractivity contribution in [1.82, 2.24) is 15.1 Å². The molecule has 0 saturated carbocycles. The number of hydrogen-bond donors (Lipinski definition) is 2. The van der Waals surface area contributed by atoms with Gasteiger partial charge in [-0.2, -0.15) is 23.4 Å². The summed E-state index contributed by atoms with van der Waals surface area (Å²) in [6.45, 7) is 1.57. The van der Waals surface area contributed by atoms with Crippen LogP contribution in [0.4, 0.5) is 23.4 Å². The second-order valence-corrected chi connectivity index (χ2v) is 6.23. The Balaban J connectivity index is 1.90. The fraction of sp³-hybridized carbons (Fsp3) is 0.294. The van der Waals surface area contributed by atoms with Crippen LogP contribution in [0.1, 0.15) is 29.3 Å². The van der Waals surface area contributed by atoms with Gasteiger partial charge in [0.15, 0.2) is 0 Å². The topological polar surface area (TPSA) is 99.7 Å². The number of alkyl halides is 3. The van der Waals surface area contributed by atoms with E-state index in [1.54, 1.807) is 13.0 Å². The van der Waals surface area contributed by atoms with Crippen LogP contribution in [-0.2, 0) is 6.18 Å². The Morgan fingerprint density at radius 2 is 2.07 bits per heavy atom. The van der Waals surface area contributed by atoms with Gasteiger partial charge in [0.2, 0.25) is 0 Å². The molecule has 1 amide bonds. The van der Waals surface area contributed by atoms with Crippen LogP contribution < -0.4 is 5.84 Å². The fourth-order valence-electron chi connectivity index (χ4n) is 2.94. The van der Waals surface area contributed by atoms with Crippen molar-refractivity contribution in [1.29, 1.82) is 0 Å². The molecule has 3 rings (SSSR count). The number of nitrogens with two attached hydrogens (primary N) is 1. The van der Waals surface area contributed by atoms with E-state index in [1.807, 2.05) is 0 Å². The third-order valence-corrected chi connectivity index (χ3v) is 4.37. The second-order valence-electron chi connectivity index (χ2n) is 6.23. The van der Waals surface area contributed by atoms with E-state index >= 15 is 0 Å². The van der Waals surface area contributed by atoms with E-state index in [0.717, 1.165) is 12.1 Å². The van der Waals surface area contributed by atoms with Crippen molar-refractivity contribution in [2.24, 2.45) is 15.9 Å². The smallest absolute Gasteiger partial charge is 0.329 e. The second kappa shape index (κ2) is 7.41. The number of amides is 1. The molecule has 2 aromatic rings. The van der Waals surface area contributed by atoms with Crippen molar-refractivity contribution < 1.29 is 22.4 Å². The van der Waals surface area contributed by atoms with Crippen LogP contribution in [0.25, 0.3) is 0 Å². The highest BCUT2D eigenvalue weighted by molar-refractivity contribution is 6.44. The Bertz CT molecular complexity index is 936. The first-order valence-corrected chi connectivity index (χ1v) is 8.23. The standard InChI is InChI=1S/C17H16F4N6O/c1-9-7-12(24-14-5-6-23-26-14)13(25-22)8-27(9)16(28)10-3-2-4-11(15(10)18)17(19,20)21/h2-6,9H,7-8,22H2,1H3,(H,23,26)/t9-/m1/s1. The summed E-state index contributed by atoms with van der Waals surface area (Å²) in [4.78, 5) is 18.3. The van der Waals surface area contributed by atoms with Gasteiger partial charge in [0.05, 0.1) is 29.6 Å². The molecule has 1 fully saturated rings. The van der Waals surface area contributed by atoms with Gasteiger partial charge in [-0.25, -0.2) is 9.38 Å². The molecule has 1 atom stereocenters. The number of likely N-dealkylation sites (tertiary alicyclic amines) is 1. The van der Waals surface area contributed by atoms with E-state index in [9.17, 15) is 22.4 Å². The Kier molecular flexibility index (Phi) is 5.16. The van der Waals surface area contributed by atoms with Gasteiger partial charge in [0, 0.05) is 18.5 Å². The predicted octanol–water partition coefficient (Wildman–Crippen LogP) is 2.89. The molecule has 1 aliphatic heterocycles. The number of halogens is 4. The summed E-state index contributed by atoms with van der Waals surface area (Å²) in [5, 5.41) is 10.1. The molecule has 7 nitrogen and oxygen atoms in total. The summed E-state index contributed by atoms with van der Waals surface area (Å²) in [5.74, 6) is 3.39. The van der Waals surface area contributed by atoms with Gasteiger partial charge in [-0.05, 0) is 19.1 Å². The van der Waals surface area contributed by atoms with Crippen LogP contribution >= 0.6 is 0 Å². The minimum atomic E-state index is -4.90. The first kappa shape index (κ1) is 19.5. The maximum Gasteiger partial charge on any atom is 0.419 e. The van der Waals surface area contributed by atoms with Crippen LogP contribution in [0, 0.1) is 5.82 Å². The van der Waals surface area contributed by atoms with Crippen LogP contribution in [0.2, 0.25) is 0 Å². The largest absolute Gasteiger partial charge is 0.419 e. The lowest BCUT2D eigenvalue weighted by Crippen LogP contribution is -2.50. The number of rotatable bonds is 2. The van der Waals surface area contributed by atoms with Crippen molar-refractivity contribution in [3.63, 3.8) is 0 Å². The van der Waals surface area contributed by atoms with Crippen LogP contribution in [0.3, 0.4) is 0 Å². The third kappa shape index (κ3) is 3.73. The lowest BCUT2D eigenvalue weighted by Gasteiger charge is -2.34. The Labute approximate surface area is 156 Å². The lowest BCUT2D eigenvalue weighted by molar-refractivity contribution is -0.140. The molecule has 0 bridgehead atoms. The van der Waals surface area contributed by atoms with Crippen molar-refractivity contribution in [2.75, 3.05) is 6.54 Å². The van der Waals surface area contributed by atoms with E-state index < -0.39 is 35.1 Å². The molecule has 1 aliphatic rings. The van der Waals surface area contributed by atoms with Gasteiger partial charge in [-0.15, -0.1) is 0 Å². The van der Waals surface area contributed by atoms with E-state index in [-0.39, 0.29) is 18.7 Å². The number of piperidine rings is 1. The van der Waals surface area contributed by atoms with Crippen molar-refractivity contribution in [2.45, 2.75) is 25.6 Å². The third-order valence-electron chi connectivity index (χ3n) is 4.37. The number of benzene rings is 1. The first-order valence-electron chi connectivity index (χ1n) is 8.23. The quantitative estimate of drug-likeness (QED) is 0.464. The normalized spacial score (nSPS) is 20.8. The van der Waals surface area contributed by atoms with Crippen LogP contribution in [0.5, 0.6) is 0 Å². The number of hydrazone groups is 1. The number of aromatic nitrogens is 2. The molecule has 2 heterocycles. The summed E-state index contributed by atoms with van der Waals surface area (Å²) < 4.78 is 53.2. The average Bonchev–Trinajstić information content (AvgIpc) is 3.13. The summed E-state index contributed by atoms with van der Waals surface area (Å²) >= 11 is 0. The number of nitrogens with one attached hydrogen (secondary N) is 1.